The van der Waals surface area contributed by atoms with Crippen LogP contribution in [0.3, 0.4) is 0 Å². The zero-order valence-electron chi connectivity index (χ0n) is 25.9. The Kier molecular flexibility index (Phi) is 8.11. The number of ketones is 2. The number of nitrogens with one attached hydrogen (secondary N) is 1. The number of carbonyl (C=O) groups is 3. The van der Waals surface area contributed by atoms with E-state index >= 15 is 0 Å². The predicted molar refractivity (Wildman–Crippen MR) is 166 cm³/mol. The molecule has 0 aromatic heterocycles. The Morgan fingerprint density at radius 2 is 1.47 bits per heavy atom. The van der Waals surface area contributed by atoms with Crippen molar-refractivity contribution in [1.29, 1.82) is 0 Å². The van der Waals surface area contributed by atoms with E-state index < -0.39 is 5.92 Å². The number of methoxy groups -OCH3 is 2. The Morgan fingerprint density at radius 3 is 1.98 bits per heavy atom. The third-order valence-electron chi connectivity index (χ3n) is 8.49. The van der Waals surface area contributed by atoms with Gasteiger partial charge in [0.2, 0.25) is 0 Å². The molecule has 1 heterocycles. The van der Waals surface area contributed by atoms with Gasteiger partial charge in [-0.1, -0.05) is 39.3 Å². The molecule has 5 rings (SSSR count). The van der Waals surface area contributed by atoms with Crippen LogP contribution in [0.2, 0.25) is 5.02 Å². The second-order valence-electron chi connectivity index (χ2n) is 13.2. The van der Waals surface area contributed by atoms with Crippen LogP contribution in [0, 0.1) is 10.8 Å². The quantitative estimate of drug-likeness (QED) is 0.375. The van der Waals surface area contributed by atoms with Gasteiger partial charge in [0.05, 0.1) is 19.2 Å². The van der Waals surface area contributed by atoms with Gasteiger partial charge in [0.25, 0.3) is 5.91 Å². The van der Waals surface area contributed by atoms with Gasteiger partial charge in [0.1, 0.15) is 5.75 Å². The monoisotopic (exact) mass is 606 g/mol. The first-order chi connectivity index (χ1) is 20.2. The molecule has 0 unspecified atom stereocenters. The molecule has 0 bridgehead atoms. The smallest absolute Gasteiger partial charge is 0.262 e. The molecule has 0 saturated heterocycles. The first kappa shape index (κ1) is 30.7. The number of rotatable bonds is 7. The van der Waals surface area contributed by atoms with Crippen molar-refractivity contribution < 1.29 is 28.6 Å². The molecule has 0 fully saturated rings. The van der Waals surface area contributed by atoms with Crippen LogP contribution < -0.4 is 19.5 Å². The number of allylic oxidation sites excluding steroid dienone is 4. The summed E-state index contributed by atoms with van der Waals surface area (Å²) in [5, 5.41) is 3.00. The molecule has 0 radical (unpaired) electrons. The van der Waals surface area contributed by atoms with Gasteiger partial charge in [-0.2, -0.15) is 0 Å². The normalized spacial score (nSPS) is 19.6. The van der Waals surface area contributed by atoms with Crippen molar-refractivity contribution in [3.8, 4) is 17.2 Å². The molecule has 2 aromatic rings. The first-order valence-electron chi connectivity index (χ1n) is 14.4. The minimum atomic E-state index is -0.563. The Hall–Kier alpha value is -3.78. The van der Waals surface area contributed by atoms with Crippen LogP contribution in [-0.4, -0.2) is 50.2 Å². The molecular weight excluding hydrogens is 568 g/mol. The van der Waals surface area contributed by atoms with Crippen molar-refractivity contribution >= 4 is 34.8 Å². The van der Waals surface area contributed by atoms with Gasteiger partial charge in [-0.15, -0.1) is 0 Å². The average Bonchev–Trinajstić information content (AvgIpc) is 2.92. The average molecular weight is 607 g/mol. The van der Waals surface area contributed by atoms with E-state index in [9.17, 15) is 14.4 Å². The van der Waals surface area contributed by atoms with Crippen LogP contribution in [-0.2, 0) is 14.4 Å². The standard InChI is InChI=1S/C34H39ClN2O6/c1-33(2)14-23-30(25(38)16-33)29(31-24(37(23)5)15-34(3,4)17-26(31)39)19-12-22(35)32(27(13-19)42-7)43-18-28(40)36-20-8-10-21(41-6)11-9-20/h8-13,29H,14-18H2,1-7H3,(H,36,40). The number of halogens is 1. The molecule has 8 nitrogen and oxygen atoms in total. The molecule has 1 amide bonds. The van der Waals surface area contributed by atoms with Crippen molar-refractivity contribution in [2.45, 2.75) is 59.3 Å². The van der Waals surface area contributed by atoms with Crippen molar-refractivity contribution in [3.05, 3.63) is 69.5 Å². The number of Topliss-reactive ketones (excluding diaryl/α,β-unsaturated/α-hetero) is 2. The van der Waals surface area contributed by atoms with Crippen LogP contribution >= 0.6 is 11.6 Å². The Morgan fingerprint density at radius 1 is 0.907 bits per heavy atom. The molecule has 0 atom stereocenters. The lowest BCUT2D eigenvalue weighted by molar-refractivity contribution is -0.120. The lowest BCUT2D eigenvalue weighted by atomic mass is 9.63. The fourth-order valence-corrected chi connectivity index (χ4v) is 6.83. The maximum Gasteiger partial charge on any atom is 0.262 e. The topological polar surface area (TPSA) is 94.2 Å². The van der Waals surface area contributed by atoms with Crippen molar-refractivity contribution in [2.75, 3.05) is 33.2 Å². The Labute approximate surface area is 258 Å². The van der Waals surface area contributed by atoms with E-state index in [0.717, 1.165) is 24.2 Å². The molecule has 0 saturated carbocycles. The van der Waals surface area contributed by atoms with Gasteiger partial charge >= 0.3 is 0 Å². The fraction of sp³-hybridized carbons (Fsp3) is 0.441. The van der Waals surface area contributed by atoms with Gasteiger partial charge < -0.3 is 24.4 Å². The minimum absolute atomic E-state index is 0.0397. The maximum absolute atomic E-state index is 13.8. The third kappa shape index (κ3) is 6.03. The molecule has 228 valence electrons. The lowest BCUT2D eigenvalue weighted by Crippen LogP contribution is -2.43. The van der Waals surface area contributed by atoms with Gasteiger partial charge in [-0.25, -0.2) is 0 Å². The van der Waals surface area contributed by atoms with E-state index in [2.05, 4.69) is 37.9 Å². The fourth-order valence-electron chi connectivity index (χ4n) is 6.55. The van der Waals surface area contributed by atoms with Gasteiger partial charge in [0.15, 0.2) is 29.7 Å². The van der Waals surface area contributed by atoms with Crippen LogP contribution in [0.25, 0.3) is 0 Å². The second-order valence-corrected chi connectivity index (χ2v) is 13.6. The highest BCUT2D eigenvalue weighted by Crippen LogP contribution is 2.55. The lowest BCUT2D eigenvalue weighted by Gasteiger charge is -2.48. The van der Waals surface area contributed by atoms with Crippen LogP contribution in [0.5, 0.6) is 17.2 Å². The van der Waals surface area contributed by atoms with Crippen LogP contribution in [0.15, 0.2) is 58.9 Å². The SMILES string of the molecule is COc1ccc(NC(=O)COc2c(Cl)cc(C3C4=C(CC(C)(C)CC4=O)N(C)C4=C3C(=O)CC(C)(C)C4)cc2OC)cc1. The summed E-state index contributed by atoms with van der Waals surface area (Å²) in [6.45, 7) is 8.12. The van der Waals surface area contributed by atoms with Crippen LogP contribution in [0.4, 0.5) is 5.69 Å². The summed E-state index contributed by atoms with van der Waals surface area (Å²) in [6.07, 6.45) is 2.24. The van der Waals surface area contributed by atoms with Crippen molar-refractivity contribution in [3.63, 3.8) is 0 Å². The number of benzene rings is 2. The summed E-state index contributed by atoms with van der Waals surface area (Å²) in [6, 6.07) is 10.5. The molecule has 1 N–H and O–H groups in total. The summed E-state index contributed by atoms with van der Waals surface area (Å²) in [4.78, 5) is 42.3. The van der Waals surface area contributed by atoms with E-state index in [1.165, 1.54) is 7.11 Å². The summed E-state index contributed by atoms with van der Waals surface area (Å²) in [5.41, 5.74) is 4.12. The molecular formula is C34H39ClN2O6. The highest BCUT2D eigenvalue weighted by Gasteiger charge is 2.48. The van der Waals surface area contributed by atoms with E-state index in [1.54, 1.807) is 43.5 Å². The number of hydrogen-bond acceptors (Lipinski definition) is 7. The first-order valence-corrected chi connectivity index (χ1v) is 14.8. The maximum atomic E-state index is 13.8. The van der Waals surface area contributed by atoms with Gasteiger partial charge in [-0.3, -0.25) is 14.4 Å². The number of anilines is 1. The number of nitrogens with zero attached hydrogens (tertiary/aromatic N) is 1. The number of ether oxygens (including phenoxy) is 3. The van der Waals surface area contributed by atoms with E-state index in [4.69, 9.17) is 25.8 Å². The van der Waals surface area contributed by atoms with Gasteiger partial charge in [-0.05, 0) is 65.6 Å². The summed E-state index contributed by atoms with van der Waals surface area (Å²) < 4.78 is 16.7. The molecule has 3 aliphatic rings. The molecule has 1 aliphatic heterocycles. The molecule has 9 heteroatoms. The summed E-state index contributed by atoms with van der Waals surface area (Å²) in [7, 11) is 5.04. The second kappa shape index (κ2) is 11.4. The zero-order chi connectivity index (χ0) is 31.3. The van der Waals surface area contributed by atoms with E-state index in [1.807, 2.05) is 7.05 Å². The summed E-state index contributed by atoms with van der Waals surface area (Å²) >= 11 is 6.79. The number of hydrogen-bond donors (Lipinski definition) is 1. The number of carbonyl (C=O) groups excluding carboxylic acids is 3. The van der Waals surface area contributed by atoms with Gasteiger partial charge in [0, 0.05) is 54.0 Å². The molecule has 0 spiro atoms. The molecule has 43 heavy (non-hydrogen) atoms. The Bertz CT molecular complexity index is 1500. The Balaban J connectivity index is 1.50. The number of amides is 1. The molecule has 2 aromatic carbocycles. The van der Waals surface area contributed by atoms with E-state index in [0.29, 0.717) is 46.7 Å². The van der Waals surface area contributed by atoms with Crippen LogP contribution in [0.1, 0.15) is 64.9 Å². The molecule has 2 aliphatic carbocycles. The van der Waals surface area contributed by atoms with E-state index in [-0.39, 0.29) is 45.7 Å². The highest BCUT2D eigenvalue weighted by atomic mass is 35.5. The highest BCUT2D eigenvalue weighted by molar-refractivity contribution is 6.32. The largest absolute Gasteiger partial charge is 0.497 e. The predicted octanol–water partition coefficient (Wildman–Crippen LogP) is 6.69. The minimum Gasteiger partial charge on any atom is -0.497 e. The summed E-state index contributed by atoms with van der Waals surface area (Å²) in [5.74, 6) is 0.344. The van der Waals surface area contributed by atoms with Crippen molar-refractivity contribution in [2.24, 2.45) is 10.8 Å². The zero-order valence-corrected chi connectivity index (χ0v) is 26.6. The third-order valence-corrected chi connectivity index (χ3v) is 8.77. The van der Waals surface area contributed by atoms with Crippen molar-refractivity contribution in [1.82, 2.24) is 4.90 Å².